The van der Waals surface area contributed by atoms with Crippen molar-refractivity contribution in [1.29, 1.82) is 0 Å². The molecule has 1 N–H and O–H groups in total. The second-order valence-corrected chi connectivity index (χ2v) is 6.71. The molecular formula is C17H27N3O3. The van der Waals surface area contributed by atoms with Gasteiger partial charge in [0.15, 0.2) is 0 Å². The standard InChI is InChI=1S/C17H27N3O3/c1-11(2)10-20-12(3)14(9-18-20)16(21)19-15-8-6-5-7-13(15)17(22)23-4/h9,11,13,15H,5-8,10H2,1-4H3,(H,19,21)/t13-,15+/m1/s1. The number of rotatable bonds is 5. The summed E-state index contributed by atoms with van der Waals surface area (Å²) in [6, 6.07) is -0.156. The van der Waals surface area contributed by atoms with Crippen LogP contribution in [0.2, 0.25) is 0 Å². The van der Waals surface area contributed by atoms with Crippen molar-refractivity contribution in [1.82, 2.24) is 15.1 Å². The second-order valence-electron chi connectivity index (χ2n) is 6.71. The quantitative estimate of drug-likeness (QED) is 0.845. The Morgan fingerprint density at radius 3 is 2.74 bits per heavy atom. The van der Waals surface area contributed by atoms with E-state index in [1.165, 1.54) is 7.11 Å². The van der Waals surface area contributed by atoms with Crippen LogP contribution in [0.25, 0.3) is 0 Å². The van der Waals surface area contributed by atoms with E-state index in [0.29, 0.717) is 11.5 Å². The van der Waals surface area contributed by atoms with Crippen LogP contribution in [0.4, 0.5) is 0 Å². The van der Waals surface area contributed by atoms with Crippen molar-refractivity contribution < 1.29 is 14.3 Å². The Kier molecular flexibility index (Phi) is 5.80. The highest BCUT2D eigenvalue weighted by atomic mass is 16.5. The van der Waals surface area contributed by atoms with Gasteiger partial charge in [0.2, 0.25) is 0 Å². The molecule has 0 aliphatic heterocycles. The molecule has 6 heteroatoms. The van der Waals surface area contributed by atoms with Gasteiger partial charge in [-0.3, -0.25) is 14.3 Å². The highest BCUT2D eigenvalue weighted by Gasteiger charge is 2.33. The topological polar surface area (TPSA) is 73.2 Å². The molecule has 0 unspecified atom stereocenters. The summed E-state index contributed by atoms with van der Waals surface area (Å²) in [7, 11) is 1.40. The Balaban J connectivity index is 2.08. The van der Waals surface area contributed by atoms with Crippen molar-refractivity contribution in [3.05, 3.63) is 17.5 Å². The predicted octanol–water partition coefficient (Wildman–Crippen LogP) is 2.31. The summed E-state index contributed by atoms with van der Waals surface area (Å²) in [5.74, 6) is -0.171. The van der Waals surface area contributed by atoms with E-state index in [0.717, 1.165) is 37.9 Å². The van der Waals surface area contributed by atoms with E-state index in [9.17, 15) is 9.59 Å². The summed E-state index contributed by atoms with van der Waals surface area (Å²) in [5, 5.41) is 7.32. The molecule has 1 aromatic heterocycles. The number of nitrogens with one attached hydrogen (secondary N) is 1. The van der Waals surface area contributed by atoms with E-state index in [2.05, 4.69) is 24.3 Å². The fraction of sp³-hybridized carbons (Fsp3) is 0.706. The summed E-state index contributed by atoms with van der Waals surface area (Å²) in [4.78, 5) is 24.5. The maximum absolute atomic E-state index is 12.6. The minimum absolute atomic E-state index is 0.154. The Morgan fingerprint density at radius 2 is 2.09 bits per heavy atom. The van der Waals surface area contributed by atoms with Gasteiger partial charge in [-0.25, -0.2) is 0 Å². The Hall–Kier alpha value is -1.85. The first-order valence-corrected chi connectivity index (χ1v) is 8.35. The van der Waals surface area contributed by atoms with Gasteiger partial charge in [-0.15, -0.1) is 0 Å². The molecule has 0 bridgehead atoms. The van der Waals surface area contributed by atoms with Gasteiger partial charge < -0.3 is 10.1 Å². The van der Waals surface area contributed by atoms with Gasteiger partial charge in [0.25, 0.3) is 5.91 Å². The van der Waals surface area contributed by atoms with E-state index in [1.807, 2.05) is 11.6 Å². The van der Waals surface area contributed by atoms with Gasteiger partial charge in [-0.2, -0.15) is 5.10 Å². The lowest BCUT2D eigenvalue weighted by atomic mass is 9.84. The summed E-state index contributed by atoms with van der Waals surface area (Å²) in [6.45, 7) is 6.92. The van der Waals surface area contributed by atoms with Crippen LogP contribution in [0, 0.1) is 18.8 Å². The van der Waals surface area contributed by atoms with Gasteiger partial charge in [0, 0.05) is 18.3 Å². The van der Waals surface area contributed by atoms with Crippen molar-refractivity contribution in [2.24, 2.45) is 11.8 Å². The first-order chi connectivity index (χ1) is 10.9. The Morgan fingerprint density at radius 1 is 1.39 bits per heavy atom. The second kappa shape index (κ2) is 7.62. The SMILES string of the molecule is COC(=O)[C@@H]1CCCC[C@@H]1NC(=O)c1cnn(CC(C)C)c1C. The van der Waals surface area contributed by atoms with Crippen LogP contribution >= 0.6 is 0 Å². The molecule has 1 saturated carbocycles. The fourth-order valence-electron chi connectivity index (χ4n) is 3.18. The van der Waals surface area contributed by atoms with Crippen molar-refractivity contribution in [2.45, 2.75) is 59.0 Å². The number of aromatic nitrogens is 2. The Bertz CT molecular complexity index is 565. The number of hydrogen-bond acceptors (Lipinski definition) is 4. The van der Waals surface area contributed by atoms with Crippen molar-refractivity contribution in [3.8, 4) is 0 Å². The van der Waals surface area contributed by atoms with Gasteiger partial charge in [0.1, 0.15) is 0 Å². The lowest BCUT2D eigenvalue weighted by molar-refractivity contribution is -0.147. The molecular weight excluding hydrogens is 294 g/mol. The maximum atomic E-state index is 12.6. The number of ether oxygens (including phenoxy) is 1. The molecule has 0 saturated heterocycles. The third-order valence-electron chi connectivity index (χ3n) is 4.47. The smallest absolute Gasteiger partial charge is 0.310 e. The zero-order chi connectivity index (χ0) is 17.0. The van der Waals surface area contributed by atoms with Crippen LogP contribution in [0.15, 0.2) is 6.20 Å². The molecule has 1 aliphatic carbocycles. The molecule has 1 fully saturated rings. The average molecular weight is 321 g/mol. The maximum Gasteiger partial charge on any atom is 0.310 e. The number of esters is 1. The third-order valence-corrected chi connectivity index (χ3v) is 4.47. The van der Waals surface area contributed by atoms with Crippen LogP contribution in [-0.4, -0.2) is 34.8 Å². The minimum Gasteiger partial charge on any atom is -0.469 e. The number of amides is 1. The largest absolute Gasteiger partial charge is 0.469 e. The molecule has 128 valence electrons. The molecule has 0 aromatic carbocycles. The van der Waals surface area contributed by atoms with Crippen LogP contribution in [0.3, 0.4) is 0 Å². The number of methoxy groups -OCH3 is 1. The van der Waals surface area contributed by atoms with Crippen LogP contribution < -0.4 is 5.32 Å². The average Bonchev–Trinajstić information content (AvgIpc) is 2.87. The van der Waals surface area contributed by atoms with Crippen molar-refractivity contribution in [2.75, 3.05) is 7.11 Å². The molecule has 23 heavy (non-hydrogen) atoms. The van der Waals surface area contributed by atoms with Crippen LogP contribution in [-0.2, 0) is 16.1 Å². The molecule has 2 atom stereocenters. The van der Waals surface area contributed by atoms with Gasteiger partial charge in [0.05, 0.1) is 24.8 Å². The minimum atomic E-state index is -0.247. The highest BCUT2D eigenvalue weighted by Crippen LogP contribution is 2.26. The summed E-state index contributed by atoms with van der Waals surface area (Å²) >= 11 is 0. The first kappa shape index (κ1) is 17.5. The zero-order valence-corrected chi connectivity index (χ0v) is 14.5. The van der Waals surface area contributed by atoms with Crippen molar-refractivity contribution >= 4 is 11.9 Å². The number of carbonyl (C=O) groups excluding carboxylic acids is 2. The lowest BCUT2D eigenvalue weighted by Crippen LogP contribution is -2.45. The fourth-order valence-corrected chi connectivity index (χ4v) is 3.18. The predicted molar refractivity (Wildman–Crippen MR) is 87.0 cm³/mol. The van der Waals surface area contributed by atoms with E-state index in [-0.39, 0.29) is 23.8 Å². The molecule has 6 nitrogen and oxygen atoms in total. The summed E-state index contributed by atoms with van der Waals surface area (Å²) < 4.78 is 6.73. The van der Waals surface area contributed by atoms with Crippen LogP contribution in [0.5, 0.6) is 0 Å². The third kappa shape index (κ3) is 4.12. The zero-order valence-electron chi connectivity index (χ0n) is 14.5. The van der Waals surface area contributed by atoms with Crippen LogP contribution in [0.1, 0.15) is 55.6 Å². The number of carbonyl (C=O) groups is 2. The van der Waals surface area contributed by atoms with Gasteiger partial charge in [-0.1, -0.05) is 26.7 Å². The summed E-state index contributed by atoms with van der Waals surface area (Å²) in [6.07, 6.45) is 5.21. The lowest BCUT2D eigenvalue weighted by Gasteiger charge is -2.30. The summed E-state index contributed by atoms with van der Waals surface area (Å²) in [5.41, 5.74) is 1.45. The normalized spacial score (nSPS) is 21.3. The van der Waals surface area contributed by atoms with E-state index in [4.69, 9.17) is 4.74 Å². The van der Waals surface area contributed by atoms with Gasteiger partial charge >= 0.3 is 5.97 Å². The molecule has 0 radical (unpaired) electrons. The Labute approximate surface area is 137 Å². The molecule has 2 rings (SSSR count). The molecule has 1 heterocycles. The highest BCUT2D eigenvalue weighted by molar-refractivity contribution is 5.95. The first-order valence-electron chi connectivity index (χ1n) is 8.35. The molecule has 1 aromatic rings. The van der Waals surface area contributed by atoms with Gasteiger partial charge in [-0.05, 0) is 25.7 Å². The molecule has 0 spiro atoms. The monoisotopic (exact) mass is 321 g/mol. The van der Waals surface area contributed by atoms with Crippen molar-refractivity contribution in [3.63, 3.8) is 0 Å². The van der Waals surface area contributed by atoms with E-state index < -0.39 is 0 Å². The van der Waals surface area contributed by atoms with E-state index in [1.54, 1.807) is 6.20 Å². The molecule has 1 amide bonds. The van der Waals surface area contributed by atoms with E-state index >= 15 is 0 Å². The number of hydrogen-bond donors (Lipinski definition) is 1. The molecule has 1 aliphatic rings. The number of nitrogens with zero attached hydrogens (tertiary/aromatic N) is 2.